The second kappa shape index (κ2) is 6.91. The molecule has 0 aliphatic rings. The van der Waals surface area contributed by atoms with Crippen molar-refractivity contribution in [3.05, 3.63) is 68.8 Å². The number of nitro benzene ring substituents is 1. The monoisotopic (exact) mass is 315 g/mol. The number of para-hydroxylation sites is 1. The molecule has 0 radical (unpaired) electrons. The Morgan fingerprint density at radius 3 is 2.61 bits per heavy atom. The molecule has 23 heavy (non-hydrogen) atoms. The van der Waals surface area contributed by atoms with Crippen LogP contribution in [0, 0.1) is 24.0 Å². The first-order chi connectivity index (χ1) is 10.9. The highest BCUT2D eigenvalue weighted by Gasteiger charge is 2.23. The predicted molar refractivity (Wildman–Crippen MR) is 84.7 cm³/mol. The number of carbonyl (C=O) groups excluding carboxylic acids is 1. The molecule has 2 aromatic rings. The molecule has 6 nitrogen and oxygen atoms in total. The van der Waals surface area contributed by atoms with Crippen LogP contribution in [0.15, 0.2) is 36.4 Å². The van der Waals surface area contributed by atoms with E-state index >= 15 is 0 Å². The van der Waals surface area contributed by atoms with Gasteiger partial charge < -0.3 is 9.47 Å². The fourth-order valence-corrected chi connectivity index (χ4v) is 2.31. The number of rotatable bonds is 5. The van der Waals surface area contributed by atoms with Gasteiger partial charge in [-0.3, -0.25) is 10.1 Å². The van der Waals surface area contributed by atoms with Crippen LogP contribution in [0.1, 0.15) is 27.0 Å². The minimum absolute atomic E-state index is 0.0191. The number of ether oxygens (including phenoxy) is 2. The summed E-state index contributed by atoms with van der Waals surface area (Å²) in [5.74, 6) is -0.133. The molecule has 120 valence electrons. The number of esters is 1. The maximum Gasteiger partial charge on any atom is 0.345 e. The number of aryl methyl sites for hydroxylation is 2. The number of methoxy groups -OCH3 is 1. The third-order valence-corrected chi connectivity index (χ3v) is 3.43. The molecule has 0 N–H and O–H groups in total. The van der Waals surface area contributed by atoms with Crippen LogP contribution in [0.4, 0.5) is 5.69 Å². The molecule has 0 fully saturated rings. The summed E-state index contributed by atoms with van der Waals surface area (Å²) in [5.41, 5.74) is 1.84. The second-order valence-corrected chi connectivity index (χ2v) is 5.12. The van der Waals surface area contributed by atoms with Crippen LogP contribution in [0.25, 0.3) is 0 Å². The Hall–Kier alpha value is -2.89. The van der Waals surface area contributed by atoms with E-state index in [1.54, 1.807) is 25.1 Å². The first-order valence-electron chi connectivity index (χ1n) is 6.98. The largest absolute Gasteiger partial charge is 0.496 e. The van der Waals surface area contributed by atoms with Crippen molar-refractivity contribution in [3.8, 4) is 5.75 Å². The topological polar surface area (TPSA) is 78.7 Å². The van der Waals surface area contributed by atoms with Gasteiger partial charge in [-0.05, 0) is 32.0 Å². The average molecular weight is 315 g/mol. The highest BCUT2D eigenvalue weighted by atomic mass is 16.6. The van der Waals surface area contributed by atoms with E-state index in [0.29, 0.717) is 16.9 Å². The standard InChI is InChI=1S/C17H17NO5/c1-11-7-8-15(22-3)13(9-11)10-23-17(19)14-6-4-5-12(2)16(14)18(20)21/h4-9H,10H2,1-3H3. The molecule has 0 aromatic heterocycles. The SMILES string of the molecule is COc1ccc(C)cc1COC(=O)c1cccc(C)c1[N+](=O)[O-]. The highest BCUT2D eigenvalue weighted by Crippen LogP contribution is 2.25. The zero-order chi connectivity index (χ0) is 17.0. The number of nitrogens with zero attached hydrogens (tertiary/aromatic N) is 1. The summed E-state index contributed by atoms with van der Waals surface area (Å²) in [4.78, 5) is 22.8. The Kier molecular flexibility index (Phi) is 4.95. The summed E-state index contributed by atoms with van der Waals surface area (Å²) >= 11 is 0. The van der Waals surface area contributed by atoms with Crippen LogP contribution < -0.4 is 4.74 Å². The molecule has 0 unspecified atom stereocenters. The van der Waals surface area contributed by atoms with Gasteiger partial charge in [0.2, 0.25) is 0 Å². The predicted octanol–water partition coefficient (Wildman–Crippen LogP) is 3.58. The van der Waals surface area contributed by atoms with E-state index in [4.69, 9.17) is 9.47 Å². The average Bonchev–Trinajstić information content (AvgIpc) is 2.52. The molecular weight excluding hydrogens is 298 g/mol. The van der Waals surface area contributed by atoms with Crippen molar-refractivity contribution in [1.82, 2.24) is 0 Å². The van der Waals surface area contributed by atoms with Crippen molar-refractivity contribution in [2.24, 2.45) is 0 Å². The lowest BCUT2D eigenvalue weighted by molar-refractivity contribution is -0.385. The molecule has 6 heteroatoms. The molecule has 0 bridgehead atoms. The van der Waals surface area contributed by atoms with Crippen molar-refractivity contribution in [2.45, 2.75) is 20.5 Å². The number of benzene rings is 2. The zero-order valence-electron chi connectivity index (χ0n) is 13.2. The third kappa shape index (κ3) is 3.66. The summed E-state index contributed by atoms with van der Waals surface area (Å²) < 4.78 is 10.5. The van der Waals surface area contributed by atoms with Gasteiger partial charge >= 0.3 is 5.97 Å². The van der Waals surface area contributed by atoms with E-state index in [9.17, 15) is 14.9 Å². The summed E-state index contributed by atoms with van der Waals surface area (Å²) in [6.07, 6.45) is 0. The fraction of sp³-hybridized carbons (Fsp3) is 0.235. The van der Waals surface area contributed by atoms with Crippen molar-refractivity contribution >= 4 is 11.7 Å². The summed E-state index contributed by atoms with van der Waals surface area (Å²) in [6.45, 7) is 3.48. The van der Waals surface area contributed by atoms with Crippen LogP contribution in [-0.4, -0.2) is 18.0 Å². The molecule has 0 atom stereocenters. The molecule has 2 aromatic carbocycles. The van der Waals surface area contributed by atoms with E-state index < -0.39 is 10.9 Å². The Balaban J connectivity index is 2.23. The number of hydrogen-bond donors (Lipinski definition) is 0. The molecule has 0 aliphatic carbocycles. The van der Waals surface area contributed by atoms with Gasteiger partial charge in [-0.15, -0.1) is 0 Å². The molecule has 0 amide bonds. The Morgan fingerprint density at radius 1 is 1.22 bits per heavy atom. The molecule has 0 saturated carbocycles. The molecule has 0 heterocycles. The van der Waals surface area contributed by atoms with Crippen molar-refractivity contribution in [3.63, 3.8) is 0 Å². The van der Waals surface area contributed by atoms with E-state index in [0.717, 1.165) is 5.56 Å². The number of carbonyl (C=O) groups is 1. The van der Waals surface area contributed by atoms with Crippen molar-refractivity contribution < 1.29 is 19.2 Å². The first kappa shape index (κ1) is 16.5. The minimum atomic E-state index is -0.732. The lowest BCUT2D eigenvalue weighted by atomic mass is 10.1. The summed E-state index contributed by atoms with van der Waals surface area (Å²) in [7, 11) is 1.53. The van der Waals surface area contributed by atoms with E-state index in [1.165, 1.54) is 13.2 Å². The first-order valence-corrected chi connectivity index (χ1v) is 6.98. The van der Waals surface area contributed by atoms with Gasteiger partial charge in [0.15, 0.2) is 0 Å². The van der Waals surface area contributed by atoms with Crippen LogP contribution in [0.5, 0.6) is 5.75 Å². The molecular formula is C17H17NO5. The van der Waals surface area contributed by atoms with Crippen LogP contribution in [0.3, 0.4) is 0 Å². The summed E-state index contributed by atoms with van der Waals surface area (Å²) in [5, 5.41) is 11.1. The van der Waals surface area contributed by atoms with Crippen molar-refractivity contribution in [1.29, 1.82) is 0 Å². The quantitative estimate of drug-likeness (QED) is 0.479. The lowest BCUT2D eigenvalue weighted by Gasteiger charge is -2.11. The Bertz CT molecular complexity index is 755. The highest BCUT2D eigenvalue weighted by molar-refractivity contribution is 5.94. The number of hydrogen-bond acceptors (Lipinski definition) is 5. The molecule has 0 spiro atoms. The second-order valence-electron chi connectivity index (χ2n) is 5.12. The van der Waals surface area contributed by atoms with Gasteiger partial charge in [-0.1, -0.05) is 23.8 Å². The van der Waals surface area contributed by atoms with Gasteiger partial charge in [0.05, 0.1) is 12.0 Å². The van der Waals surface area contributed by atoms with Gasteiger partial charge in [-0.25, -0.2) is 4.79 Å². The van der Waals surface area contributed by atoms with E-state index in [2.05, 4.69) is 0 Å². The van der Waals surface area contributed by atoms with Gasteiger partial charge in [0.1, 0.15) is 17.9 Å². The van der Waals surface area contributed by atoms with Gasteiger partial charge in [0, 0.05) is 11.1 Å². The van der Waals surface area contributed by atoms with Gasteiger partial charge in [0.25, 0.3) is 5.69 Å². The smallest absolute Gasteiger partial charge is 0.345 e. The maximum atomic E-state index is 12.2. The van der Waals surface area contributed by atoms with Crippen LogP contribution >= 0.6 is 0 Å². The van der Waals surface area contributed by atoms with Crippen LogP contribution in [-0.2, 0) is 11.3 Å². The molecule has 0 aliphatic heterocycles. The third-order valence-electron chi connectivity index (χ3n) is 3.43. The lowest BCUT2D eigenvalue weighted by Crippen LogP contribution is -2.09. The van der Waals surface area contributed by atoms with E-state index in [1.807, 2.05) is 19.1 Å². The van der Waals surface area contributed by atoms with Crippen LogP contribution in [0.2, 0.25) is 0 Å². The molecule has 2 rings (SSSR count). The Morgan fingerprint density at radius 2 is 1.96 bits per heavy atom. The minimum Gasteiger partial charge on any atom is -0.496 e. The number of nitro groups is 1. The maximum absolute atomic E-state index is 12.2. The summed E-state index contributed by atoms with van der Waals surface area (Å²) in [6, 6.07) is 10.1. The normalized spacial score (nSPS) is 10.2. The zero-order valence-corrected chi connectivity index (χ0v) is 13.2. The van der Waals surface area contributed by atoms with E-state index in [-0.39, 0.29) is 17.9 Å². The fourth-order valence-electron chi connectivity index (χ4n) is 2.31. The van der Waals surface area contributed by atoms with Gasteiger partial charge in [-0.2, -0.15) is 0 Å². The Labute approximate surface area is 133 Å². The van der Waals surface area contributed by atoms with Crippen molar-refractivity contribution in [2.75, 3.05) is 7.11 Å². The molecule has 0 saturated heterocycles.